The van der Waals surface area contributed by atoms with E-state index >= 15 is 0 Å². The van der Waals surface area contributed by atoms with Crippen LogP contribution in [0.2, 0.25) is 0 Å². The summed E-state index contributed by atoms with van der Waals surface area (Å²) in [5.74, 6) is 0. The molecule has 1 aromatic carbocycles. The van der Waals surface area contributed by atoms with Crippen LogP contribution in [0.5, 0.6) is 0 Å². The topological polar surface area (TPSA) is 0 Å². The SMILES string of the molecule is CC(=CCCBr)c1ccc(C)cc1. The highest BCUT2D eigenvalue weighted by molar-refractivity contribution is 9.09. The highest BCUT2D eigenvalue weighted by Crippen LogP contribution is 2.15. The van der Waals surface area contributed by atoms with Gasteiger partial charge < -0.3 is 0 Å². The molecular formula is C12H15Br. The van der Waals surface area contributed by atoms with Crippen molar-refractivity contribution in [1.29, 1.82) is 0 Å². The highest BCUT2D eigenvalue weighted by Gasteiger charge is 1.93. The Morgan fingerprint density at radius 1 is 1.31 bits per heavy atom. The zero-order chi connectivity index (χ0) is 9.68. The molecule has 1 aromatic rings. The van der Waals surface area contributed by atoms with E-state index in [1.165, 1.54) is 16.7 Å². The van der Waals surface area contributed by atoms with Crippen molar-refractivity contribution < 1.29 is 0 Å². The Bertz CT molecular complexity index is 282. The molecular weight excluding hydrogens is 224 g/mol. The Morgan fingerprint density at radius 3 is 2.46 bits per heavy atom. The number of aryl methyl sites for hydroxylation is 1. The van der Waals surface area contributed by atoms with Crippen LogP contribution < -0.4 is 0 Å². The van der Waals surface area contributed by atoms with E-state index in [1.807, 2.05) is 0 Å². The molecule has 1 rings (SSSR count). The molecule has 0 aliphatic heterocycles. The molecule has 70 valence electrons. The van der Waals surface area contributed by atoms with Gasteiger partial charge in [0.1, 0.15) is 0 Å². The molecule has 0 nitrogen and oxygen atoms in total. The van der Waals surface area contributed by atoms with E-state index < -0.39 is 0 Å². The fourth-order valence-electron chi connectivity index (χ4n) is 1.21. The predicted molar refractivity (Wildman–Crippen MR) is 63.2 cm³/mol. The van der Waals surface area contributed by atoms with Crippen molar-refractivity contribution in [2.45, 2.75) is 20.3 Å². The second-order valence-electron chi connectivity index (χ2n) is 3.23. The summed E-state index contributed by atoms with van der Waals surface area (Å²) in [5, 5.41) is 1.04. The number of allylic oxidation sites excluding steroid dienone is 2. The van der Waals surface area contributed by atoms with Crippen LogP contribution in [0.1, 0.15) is 24.5 Å². The third-order valence-electron chi connectivity index (χ3n) is 2.07. The third-order valence-corrected chi connectivity index (χ3v) is 2.52. The fourth-order valence-corrected chi connectivity index (χ4v) is 1.43. The zero-order valence-corrected chi connectivity index (χ0v) is 9.76. The number of hydrogen-bond donors (Lipinski definition) is 0. The van der Waals surface area contributed by atoms with Gasteiger partial charge in [0.15, 0.2) is 0 Å². The smallest absolute Gasteiger partial charge is 0.00661 e. The molecule has 0 radical (unpaired) electrons. The van der Waals surface area contributed by atoms with Gasteiger partial charge in [-0.15, -0.1) is 0 Å². The Hall–Kier alpha value is -0.560. The van der Waals surface area contributed by atoms with Crippen LogP contribution in [0.25, 0.3) is 5.57 Å². The van der Waals surface area contributed by atoms with Crippen molar-refractivity contribution in [2.75, 3.05) is 5.33 Å². The van der Waals surface area contributed by atoms with Gasteiger partial charge in [-0.25, -0.2) is 0 Å². The molecule has 0 bridgehead atoms. The molecule has 0 spiro atoms. The molecule has 0 saturated heterocycles. The maximum absolute atomic E-state index is 3.42. The average molecular weight is 239 g/mol. The lowest BCUT2D eigenvalue weighted by Gasteiger charge is -2.01. The van der Waals surface area contributed by atoms with Gasteiger partial charge in [0.25, 0.3) is 0 Å². The molecule has 0 heterocycles. The Kier molecular flexibility index (Phi) is 4.23. The molecule has 0 unspecified atom stereocenters. The van der Waals surface area contributed by atoms with E-state index in [4.69, 9.17) is 0 Å². The van der Waals surface area contributed by atoms with Crippen molar-refractivity contribution in [3.05, 3.63) is 41.5 Å². The van der Waals surface area contributed by atoms with Crippen LogP contribution >= 0.6 is 15.9 Å². The minimum atomic E-state index is 1.04. The minimum absolute atomic E-state index is 1.04. The molecule has 0 aliphatic rings. The van der Waals surface area contributed by atoms with E-state index in [1.54, 1.807) is 0 Å². The zero-order valence-electron chi connectivity index (χ0n) is 8.18. The first kappa shape index (κ1) is 10.5. The second-order valence-corrected chi connectivity index (χ2v) is 4.02. The standard InChI is InChI=1S/C12H15Br/c1-10-5-7-12(8-6-10)11(2)4-3-9-13/h4-8H,3,9H2,1-2H3. The van der Waals surface area contributed by atoms with Crippen LogP contribution in [-0.4, -0.2) is 5.33 Å². The van der Waals surface area contributed by atoms with E-state index in [0.29, 0.717) is 0 Å². The fraction of sp³-hybridized carbons (Fsp3) is 0.333. The van der Waals surface area contributed by atoms with E-state index in [-0.39, 0.29) is 0 Å². The van der Waals surface area contributed by atoms with Gasteiger partial charge in [-0.2, -0.15) is 0 Å². The Labute approximate surface area is 88.8 Å². The van der Waals surface area contributed by atoms with Crippen LogP contribution in [0.3, 0.4) is 0 Å². The summed E-state index contributed by atoms with van der Waals surface area (Å²) in [6.07, 6.45) is 3.36. The lowest BCUT2D eigenvalue weighted by atomic mass is 10.1. The molecule has 1 heteroatoms. The quantitative estimate of drug-likeness (QED) is 0.694. The van der Waals surface area contributed by atoms with Crippen molar-refractivity contribution in [3.63, 3.8) is 0 Å². The largest absolute Gasteiger partial charge is 0.0925 e. The lowest BCUT2D eigenvalue weighted by molar-refractivity contribution is 1.25. The van der Waals surface area contributed by atoms with Crippen LogP contribution in [0.4, 0.5) is 0 Å². The summed E-state index contributed by atoms with van der Waals surface area (Å²) in [4.78, 5) is 0. The number of benzene rings is 1. The molecule has 0 N–H and O–H groups in total. The van der Waals surface area contributed by atoms with Crippen molar-refractivity contribution in [1.82, 2.24) is 0 Å². The van der Waals surface area contributed by atoms with Gasteiger partial charge >= 0.3 is 0 Å². The maximum Gasteiger partial charge on any atom is 0.00661 e. The van der Waals surface area contributed by atoms with Gasteiger partial charge in [0.05, 0.1) is 0 Å². The molecule has 0 fully saturated rings. The first-order chi connectivity index (χ1) is 6.24. The second kappa shape index (κ2) is 5.23. The Morgan fingerprint density at radius 2 is 1.92 bits per heavy atom. The highest BCUT2D eigenvalue weighted by atomic mass is 79.9. The number of halogens is 1. The summed E-state index contributed by atoms with van der Waals surface area (Å²) in [6.45, 7) is 4.27. The Balaban J connectivity index is 2.77. The summed E-state index contributed by atoms with van der Waals surface area (Å²) < 4.78 is 0. The van der Waals surface area contributed by atoms with Crippen molar-refractivity contribution >= 4 is 21.5 Å². The summed E-state index contributed by atoms with van der Waals surface area (Å²) in [6, 6.07) is 8.66. The summed E-state index contributed by atoms with van der Waals surface area (Å²) in [7, 11) is 0. The van der Waals surface area contributed by atoms with Crippen molar-refractivity contribution in [2.24, 2.45) is 0 Å². The normalized spacial score (nSPS) is 11.8. The van der Waals surface area contributed by atoms with E-state index in [0.717, 1.165) is 11.8 Å². The minimum Gasteiger partial charge on any atom is -0.0925 e. The van der Waals surface area contributed by atoms with Gasteiger partial charge in [-0.3, -0.25) is 0 Å². The lowest BCUT2D eigenvalue weighted by Crippen LogP contribution is -1.80. The van der Waals surface area contributed by atoms with Gasteiger partial charge in [0, 0.05) is 5.33 Å². The molecule has 0 amide bonds. The van der Waals surface area contributed by atoms with E-state index in [9.17, 15) is 0 Å². The van der Waals surface area contributed by atoms with E-state index in [2.05, 4.69) is 60.1 Å². The first-order valence-corrected chi connectivity index (χ1v) is 5.66. The van der Waals surface area contributed by atoms with Crippen LogP contribution in [-0.2, 0) is 0 Å². The molecule has 0 aliphatic carbocycles. The number of rotatable bonds is 3. The van der Waals surface area contributed by atoms with Gasteiger partial charge in [-0.1, -0.05) is 51.8 Å². The maximum atomic E-state index is 3.42. The number of hydrogen-bond acceptors (Lipinski definition) is 0. The first-order valence-electron chi connectivity index (χ1n) is 4.54. The van der Waals surface area contributed by atoms with Gasteiger partial charge in [0.2, 0.25) is 0 Å². The van der Waals surface area contributed by atoms with Crippen molar-refractivity contribution in [3.8, 4) is 0 Å². The third kappa shape index (κ3) is 3.35. The van der Waals surface area contributed by atoms with Gasteiger partial charge in [-0.05, 0) is 31.4 Å². The van der Waals surface area contributed by atoms with Crippen LogP contribution in [0.15, 0.2) is 30.3 Å². The molecule has 0 saturated carbocycles. The summed E-state index contributed by atoms with van der Waals surface area (Å²) in [5.41, 5.74) is 4.00. The van der Waals surface area contributed by atoms with Crippen LogP contribution in [0, 0.1) is 6.92 Å². The monoisotopic (exact) mass is 238 g/mol. The summed E-state index contributed by atoms with van der Waals surface area (Å²) >= 11 is 3.42. The predicted octanol–water partition coefficient (Wildman–Crippen LogP) is 4.18. The molecule has 13 heavy (non-hydrogen) atoms. The molecule has 0 atom stereocenters. The molecule has 0 aromatic heterocycles. The average Bonchev–Trinajstić information content (AvgIpc) is 2.15. The number of alkyl halides is 1.